The van der Waals surface area contributed by atoms with E-state index in [1.54, 1.807) is 0 Å². The SMILES string of the molecule is Cc1cccc(C)c1-c1cccc(-c2c(C)cccc2C)c1C=O. The summed E-state index contributed by atoms with van der Waals surface area (Å²) in [5.41, 5.74) is 9.89. The van der Waals surface area contributed by atoms with E-state index in [0.29, 0.717) is 0 Å². The number of carbonyl (C=O) groups excluding carboxylic acids is 1. The van der Waals surface area contributed by atoms with Crippen molar-refractivity contribution >= 4 is 6.29 Å². The molecule has 0 saturated carbocycles. The molecule has 0 aliphatic rings. The maximum Gasteiger partial charge on any atom is 0.151 e. The summed E-state index contributed by atoms with van der Waals surface area (Å²) >= 11 is 0. The number of rotatable bonds is 3. The monoisotopic (exact) mass is 314 g/mol. The molecule has 0 fully saturated rings. The quantitative estimate of drug-likeness (QED) is 0.536. The van der Waals surface area contributed by atoms with Crippen molar-refractivity contribution in [2.24, 2.45) is 0 Å². The summed E-state index contributed by atoms with van der Waals surface area (Å²) in [6.07, 6.45) is 1.00. The summed E-state index contributed by atoms with van der Waals surface area (Å²) in [6.45, 7) is 8.40. The number of aldehydes is 1. The normalized spacial score (nSPS) is 10.7. The van der Waals surface area contributed by atoms with Crippen LogP contribution in [0.4, 0.5) is 0 Å². The van der Waals surface area contributed by atoms with Crippen LogP contribution in [0, 0.1) is 27.7 Å². The van der Waals surface area contributed by atoms with E-state index in [2.05, 4.69) is 82.3 Å². The summed E-state index contributed by atoms with van der Waals surface area (Å²) in [7, 11) is 0. The van der Waals surface area contributed by atoms with Crippen molar-refractivity contribution in [3.05, 3.63) is 82.4 Å². The first kappa shape index (κ1) is 16.2. The molecule has 3 aromatic rings. The average Bonchev–Trinajstić information content (AvgIpc) is 2.55. The van der Waals surface area contributed by atoms with Crippen molar-refractivity contribution in [2.45, 2.75) is 27.7 Å². The molecular formula is C23H22O. The molecule has 0 atom stereocenters. The summed E-state index contributed by atoms with van der Waals surface area (Å²) in [6, 6.07) is 18.7. The predicted molar refractivity (Wildman–Crippen MR) is 102 cm³/mol. The molecule has 0 aliphatic carbocycles. The number of hydrogen-bond acceptors (Lipinski definition) is 1. The summed E-state index contributed by atoms with van der Waals surface area (Å²) in [5.74, 6) is 0. The van der Waals surface area contributed by atoms with E-state index in [4.69, 9.17) is 0 Å². The third-order valence-corrected chi connectivity index (χ3v) is 4.72. The van der Waals surface area contributed by atoms with Gasteiger partial charge in [-0.2, -0.15) is 0 Å². The third kappa shape index (κ3) is 2.67. The molecule has 1 nitrogen and oxygen atoms in total. The molecule has 1 heteroatoms. The minimum Gasteiger partial charge on any atom is -0.298 e. The number of hydrogen-bond donors (Lipinski definition) is 0. The van der Waals surface area contributed by atoms with Crippen molar-refractivity contribution in [2.75, 3.05) is 0 Å². The van der Waals surface area contributed by atoms with Crippen LogP contribution >= 0.6 is 0 Å². The second-order valence-corrected chi connectivity index (χ2v) is 6.42. The van der Waals surface area contributed by atoms with E-state index in [1.807, 2.05) is 0 Å². The van der Waals surface area contributed by atoms with Gasteiger partial charge in [0.1, 0.15) is 0 Å². The Hall–Kier alpha value is -2.67. The maximum absolute atomic E-state index is 12.0. The smallest absolute Gasteiger partial charge is 0.151 e. The van der Waals surface area contributed by atoms with Crippen LogP contribution < -0.4 is 0 Å². The molecule has 0 unspecified atom stereocenters. The van der Waals surface area contributed by atoms with Gasteiger partial charge in [0, 0.05) is 5.56 Å². The van der Waals surface area contributed by atoms with Gasteiger partial charge in [-0.25, -0.2) is 0 Å². The fraction of sp³-hybridized carbons (Fsp3) is 0.174. The highest BCUT2D eigenvalue weighted by Crippen LogP contribution is 2.36. The Morgan fingerprint density at radius 1 is 0.583 bits per heavy atom. The van der Waals surface area contributed by atoms with Crippen LogP contribution in [0.5, 0.6) is 0 Å². The van der Waals surface area contributed by atoms with Gasteiger partial charge in [-0.05, 0) is 72.2 Å². The number of benzene rings is 3. The highest BCUT2D eigenvalue weighted by Gasteiger charge is 2.16. The molecule has 0 spiro atoms. The topological polar surface area (TPSA) is 17.1 Å². The summed E-state index contributed by atoms with van der Waals surface area (Å²) < 4.78 is 0. The zero-order valence-electron chi connectivity index (χ0n) is 14.7. The van der Waals surface area contributed by atoms with E-state index in [-0.39, 0.29) is 0 Å². The van der Waals surface area contributed by atoms with Crippen molar-refractivity contribution in [3.8, 4) is 22.3 Å². The van der Waals surface area contributed by atoms with Gasteiger partial charge < -0.3 is 0 Å². The molecule has 0 radical (unpaired) electrons. The Kier molecular flexibility index (Phi) is 4.35. The molecule has 0 N–H and O–H groups in total. The van der Waals surface area contributed by atoms with E-state index >= 15 is 0 Å². The second kappa shape index (κ2) is 6.45. The molecular weight excluding hydrogens is 292 g/mol. The largest absolute Gasteiger partial charge is 0.298 e. The average molecular weight is 314 g/mol. The van der Waals surface area contributed by atoms with E-state index < -0.39 is 0 Å². The molecule has 120 valence electrons. The lowest BCUT2D eigenvalue weighted by molar-refractivity contribution is 0.112. The van der Waals surface area contributed by atoms with Crippen molar-refractivity contribution < 1.29 is 4.79 Å². The van der Waals surface area contributed by atoms with Crippen LogP contribution in [0.1, 0.15) is 32.6 Å². The zero-order chi connectivity index (χ0) is 17.3. The molecule has 0 heterocycles. The van der Waals surface area contributed by atoms with Crippen LogP contribution in [0.3, 0.4) is 0 Å². The molecule has 24 heavy (non-hydrogen) atoms. The van der Waals surface area contributed by atoms with Crippen molar-refractivity contribution in [1.82, 2.24) is 0 Å². The number of carbonyl (C=O) groups is 1. The first-order valence-corrected chi connectivity index (χ1v) is 8.26. The first-order valence-electron chi connectivity index (χ1n) is 8.26. The third-order valence-electron chi connectivity index (χ3n) is 4.72. The Morgan fingerprint density at radius 2 is 0.917 bits per heavy atom. The van der Waals surface area contributed by atoms with E-state index in [1.165, 1.54) is 22.3 Å². The molecule has 0 saturated heterocycles. The van der Waals surface area contributed by atoms with Gasteiger partial charge in [-0.15, -0.1) is 0 Å². The van der Waals surface area contributed by atoms with Gasteiger partial charge in [0.2, 0.25) is 0 Å². The van der Waals surface area contributed by atoms with E-state index in [9.17, 15) is 4.79 Å². The maximum atomic E-state index is 12.0. The molecule has 0 bridgehead atoms. The Morgan fingerprint density at radius 3 is 1.25 bits per heavy atom. The highest BCUT2D eigenvalue weighted by molar-refractivity contribution is 5.98. The molecule has 0 aliphatic heterocycles. The summed E-state index contributed by atoms with van der Waals surface area (Å²) in [5, 5.41) is 0. The number of aryl methyl sites for hydroxylation is 4. The van der Waals surface area contributed by atoms with Gasteiger partial charge in [-0.3, -0.25) is 4.79 Å². The standard InChI is InChI=1S/C23H22O/c1-15-8-5-9-16(2)22(15)19-12-7-13-20(21(19)14-24)23-17(3)10-6-11-18(23)4/h5-14H,1-4H3. The Labute approximate surface area is 144 Å². The fourth-order valence-electron chi connectivity index (χ4n) is 3.61. The van der Waals surface area contributed by atoms with Gasteiger partial charge >= 0.3 is 0 Å². The summed E-state index contributed by atoms with van der Waals surface area (Å²) in [4.78, 5) is 12.0. The van der Waals surface area contributed by atoms with Gasteiger partial charge in [0.25, 0.3) is 0 Å². The Bertz CT molecular complexity index is 809. The molecule has 0 amide bonds. The lowest BCUT2D eigenvalue weighted by Gasteiger charge is -2.17. The minimum absolute atomic E-state index is 0.771. The minimum atomic E-state index is 0.771. The Balaban J connectivity index is 2.35. The zero-order valence-corrected chi connectivity index (χ0v) is 14.7. The lowest BCUT2D eigenvalue weighted by atomic mass is 9.86. The van der Waals surface area contributed by atoms with Crippen LogP contribution in [-0.2, 0) is 0 Å². The van der Waals surface area contributed by atoms with Gasteiger partial charge in [-0.1, -0.05) is 54.6 Å². The predicted octanol–water partition coefficient (Wildman–Crippen LogP) is 6.07. The van der Waals surface area contributed by atoms with Crippen LogP contribution in [-0.4, -0.2) is 6.29 Å². The molecule has 3 rings (SSSR count). The highest BCUT2D eigenvalue weighted by atomic mass is 16.1. The van der Waals surface area contributed by atoms with Crippen LogP contribution in [0.25, 0.3) is 22.3 Å². The van der Waals surface area contributed by atoms with Crippen molar-refractivity contribution in [3.63, 3.8) is 0 Å². The van der Waals surface area contributed by atoms with E-state index in [0.717, 1.165) is 34.1 Å². The molecule has 3 aromatic carbocycles. The fourth-order valence-corrected chi connectivity index (χ4v) is 3.61. The first-order chi connectivity index (χ1) is 11.5. The van der Waals surface area contributed by atoms with Gasteiger partial charge in [0.05, 0.1) is 0 Å². The molecule has 0 aromatic heterocycles. The van der Waals surface area contributed by atoms with Crippen LogP contribution in [0.2, 0.25) is 0 Å². The van der Waals surface area contributed by atoms with Gasteiger partial charge in [0.15, 0.2) is 6.29 Å². The second-order valence-electron chi connectivity index (χ2n) is 6.42. The van der Waals surface area contributed by atoms with Crippen molar-refractivity contribution in [1.29, 1.82) is 0 Å². The van der Waals surface area contributed by atoms with Crippen LogP contribution in [0.15, 0.2) is 54.6 Å². The lowest BCUT2D eigenvalue weighted by Crippen LogP contribution is -1.98.